The summed E-state index contributed by atoms with van der Waals surface area (Å²) in [4.78, 5) is 75.9. The Balaban J connectivity index is 1.05. The lowest BCUT2D eigenvalue weighted by Crippen LogP contribution is -2.51. The Kier molecular flexibility index (Phi) is 13.9. The van der Waals surface area contributed by atoms with E-state index in [-0.39, 0.29) is 23.7 Å². The first-order chi connectivity index (χ1) is 33.6. The fourth-order valence-electron chi connectivity index (χ4n) is 11.2. The first-order valence-electron chi connectivity index (χ1n) is 24.7. The molecule has 0 bridgehead atoms. The Labute approximate surface area is 405 Å². The van der Waals surface area contributed by atoms with Crippen molar-refractivity contribution >= 4 is 57.4 Å². The van der Waals surface area contributed by atoms with Gasteiger partial charge < -0.3 is 49.7 Å². The van der Waals surface area contributed by atoms with Crippen LogP contribution < -0.4 is 20.4 Å². The average molecular weight is 969 g/mol. The van der Waals surface area contributed by atoms with Gasteiger partial charge in [-0.25, -0.2) is 32.7 Å². The predicted octanol–water partition coefficient (Wildman–Crippen LogP) is 9.02. The molecule has 6 atom stereocenters. The molecule has 19 heteroatoms. The van der Waals surface area contributed by atoms with Gasteiger partial charge in [0.1, 0.15) is 41.2 Å². The number of alkyl carbamates (subject to hydrolysis) is 2. The molecule has 6 heterocycles. The van der Waals surface area contributed by atoms with Crippen LogP contribution in [0.3, 0.4) is 0 Å². The molecule has 4 saturated heterocycles. The number of hydrogen-bond acceptors (Lipinski definition) is 10. The van der Waals surface area contributed by atoms with Gasteiger partial charge >= 0.3 is 12.2 Å². The van der Waals surface area contributed by atoms with Gasteiger partial charge in [0.25, 0.3) is 0 Å². The number of fused-ring (bicyclic) bond motifs is 2. The van der Waals surface area contributed by atoms with Gasteiger partial charge in [-0.2, -0.15) is 0 Å². The number of aromatic amines is 2. The summed E-state index contributed by atoms with van der Waals surface area (Å²) in [6, 6.07) is 7.39. The number of imidazole rings is 2. The van der Waals surface area contributed by atoms with Crippen LogP contribution in [0.4, 0.5) is 34.1 Å². The number of likely N-dealkylation sites (tertiary alicyclic amines) is 2. The van der Waals surface area contributed by atoms with Crippen LogP contribution in [0.5, 0.6) is 0 Å². The highest BCUT2D eigenvalue weighted by Gasteiger charge is 2.42. The summed E-state index contributed by atoms with van der Waals surface area (Å²) in [7, 11) is 2.49. The highest BCUT2D eigenvalue weighted by Crippen LogP contribution is 2.50. The molecule has 4 fully saturated rings. The van der Waals surface area contributed by atoms with Crippen molar-refractivity contribution in [2.75, 3.05) is 50.2 Å². The molecule has 9 rings (SSSR count). The lowest BCUT2D eigenvalue weighted by atomic mass is 10.0. The summed E-state index contributed by atoms with van der Waals surface area (Å²) in [5.41, 5.74) is 3.41. The van der Waals surface area contributed by atoms with Crippen LogP contribution in [0.2, 0.25) is 0 Å². The number of halogens is 3. The van der Waals surface area contributed by atoms with Crippen LogP contribution in [-0.4, -0.2) is 106 Å². The second kappa shape index (κ2) is 20.1. The smallest absolute Gasteiger partial charge is 0.407 e. The summed E-state index contributed by atoms with van der Waals surface area (Å²) in [6.45, 7) is 9.76. The number of hydrogen-bond donors (Lipinski definition) is 4. The molecule has 0 spiro atoms. The molecule has 3 aromatic carbocycles. The number of benzene rings is 3. The maximum atomic E-state index is 16.8. The summed E-state index contributed by atoms with van der Waals surface area (Å²) in [5, 5.41) is 5.34. The van der Waals surface area contributed by atoms with Crippen molar-refractivity contribution < 1.29 is 41.8 Å². The van der Waals surface area contributed by atoms with Crippen molar-refractivity contribution in [3.05, 3.63) is 82.7 Å². The Hall–Kier alpha value is -6.53. The lowest BCUT2D eigenvalue weighted by molar-refractivity contribution is -0.136. The molecule has 16 nitrogen and oxygen atoms in total. The molecule has 2 aromatic heterocycles. The zero-order valence-electron chi connectivity index (χ0n) is 40.6. The number of rotatable bonds is 12. The third-order valence-electron chi connectivity index (χ3n) is 14.8. The van der Waals surface area contributed by atoms with Gasteiger partial charge in [-0.3, -0.25) is 9.59 Å². The molecule has 5 aromatic rings. The van der Waals surface area contributed by atoms with Crippen LogP contribution in [0, 0.1) is 29.3 Å². The highest BCUT2D eigenvalue weighted by atomic mass is 19.1. The number of nitrogens with zero attached hydrogens (tertiary/aromatic N) is 6. The van der Waals surface area contributed by atoms with E-state index in [9.17, 15) is 19.2 Å². The Morgan fingerprint density at radius 2 is 1.07 bits per heavy atom. The van der Waals surface area contributed by atoms with Gasteiger partial charge in [0.2, 0.25) is 11.8 Å². The van der Waals surface area contributed by atoms with E-state index in [1.807, 2.05) is 43.6 Å². The Morgan fingerprint density at radius 3 is 1.50 bits per heavy atom. The monoisotopic (exact) mass is 968 g/mol. The van der Waals surface area contributed by atoms with Gasteiger partial charge in [0.15, 0.2) is 0 Å². The van der Waals surface area contributed by atoms with E-state index in [0.29, 0.717) is 108 Å². The normalized spacial score (nSPS) is 21.6. The second-order valence-corrected chi connectivity index (χ2v) is 19.8. The molecule has 4 N–H and O–H groups in total. The number of carbonyl (C=O) groups excluding carboxylic acids is 4. The van der Waals surface area contributed by atoms with E-state index in [1.165, 1.54) is 32.4 Å². The predicted molar refractivity (Wildman–Crippen MR) is 257 cm³/mol. The van der Waals surface area contributed by atoms with Crippen molar-refractivity contribution in [2.45, 2.75) is 122 Å². The zero-order valence-corrected chi connectivity index (χ0v) is 40.6. The third kappa shape index (κ3) is 9.30. The molecule has 4 aliphatic heterocycles. The number of ether oxygens (including phenoxy) is 2. The van der Waals surface area contributed by atoms with Crippen LogP contribution in [0.25, 0.3) is 22.1 Å². The first kappa shape index (κ1) is 48.5. The molecule has 4 amide bonds. The molecular formula is C51H63F3N10O6. The molecule has 374 valence electrons. The van der Waals surface area contributed by atoms with Crippen molar-refractivity contribution in [3.8, 4) is 0 Å². The van der Waals surface area contributed by atoms with Crippen molar-refractivity contribution in [3.63, 3.8) is 0 Å². The average Bonchev–Trinajstić information content (AvgIpc) is 4.21. The SMILES string of the molecule is COC(=O)N[C@H](C(=O)N1CCCC1c1nc2cc([C@H]3CC[C@H](c4cc5nc([C@@H]6CCCN6C(=O)[C@@H](NC(=O)OC)C(C)C)[nH]c5cc4F)N3c3ccc(N4CCCCC4)c(F)c3)c(F)cc2[nH]1)C(C)C. The number of piperidine rings is 1. The maximum absolute atomic E-state index is 16.8. The zero-order chi connectivity index (χ0) is 49.5. The van der Waals surface area contributed by atoms with Crippen molar-refractivity contribution in [2.24, 2.45) is 11.8 Å². The fourth-order valence-corrected chi connectivity index (χ4v) is 11.2. The Morgan fingerprint density at radius 1 is 0.600 bits per heavy atom. The minimum Gasteiger partial charge on any atom is -0.453 e. The summed E-state index contributed by atoms with van der Waals surface area (Å²) in [5.74, 6) is -1.44. The number of anilines is 2. The molecule has 1 unspecified atom stereocenters. The molecule has 0 radical (unpaired) electrons. The van der Waals surface area contributed by atoms with Crippen LogP contribution in [-0.2, 0) is 19.1 Å². The maximum Gasteiger partial charge on any atom is 0.407 e. The van der Waals surface area contributed by atoms with E-state index in [4.69, 9.17) is 19.4 Å². The van der Waals surface area contributed by atoms with Gasteiger partial charge in [0, 0.05) is 43.0 Å². The van der Waals surface area contributed by atoms with E-state index >= 15 is 13.2 Å². The first-order valence-corrected chi connectivity index (χ1v) is 24.7. The van der Waals surface area contributed by atoms with Gasteiger partial charge in [-0.1, -0.05) is 27.7 Å². The number of methoxy groups -OCH3 is 2. The second-order valence-electron chi connectivity index (χ2n) is 19.8. The largest absolute Gasteiger partial charge is 0.453 e. The van der Waals surface area contributed by atoms with Crippen LogP contribution in [0.1, 0.15) is 132 Å². The number of carbonyl (C=O) groups is 4. The number of nitrogens with one attached hydrogen (secondary N) is 4. The van der Waals surface area contributed by atoms with E-state index in [0.717, 1.165) is 32.4 Å². The van der Waals surface area contributed by atoms with Gasteiger partial charge in [0.05, 0.1) is 66.1 Å². The van der Waals surface area contributed by atoms with Gasteiger partial charge in [-0.15, -0.1) is 0 Å². The molecule has 70 heavy (non-hydrogen) atoms. The number of amides is 4. The fraction of sp³-hybridized carbons (Fsp3) is 0.529. The topological polar surface area (TPSA) is 181 Å². The Bertz CT molecular complexity index is 2620. The minimum atomic E-state index is -0.823. The van der Waals surface area contributed by atoms with Crippen molar-refractivity contribution in [1.82, 2.24) is 40.4 Å². The summed E-state index contributed by atoms with van der Waals surface area (Å²) < 4.78 is 59.6. The molecule has 0 aliphatic carbocycles. The third-order valence-corrected chi connectivity index (χ3v) is 14.8. The molecule has 4 aliphatic rings. The van der Waals surface area contributed by atoms with E-state index < -0.39 is 65.9 Å². The summed E-state index contributed by atoms with van der Waals surface area (Å²) in [6.07, 6.45) is 5.03. The number of aromatic nitrogens is 4. The number of H-pyrrole nitrogens is 2. The minimum absolute atomic E-state index is 0.220. The van der Waals surface area contributed by atoms with E-state index in [1.54, 1.807) is 28.0 Å². The highest BCUT2D eigenvalue weighted by molar-refractivity contribution is 5.88. The lowest BCUT2D eigenvalue weighted by Gasteiger charge is -2.35. The van der Waals surface area contributed by atoms with Crippen LogP contribution in [0.15, 0.2) is 42.5 Å². The summed E-state index contributed by atoms with van der Waals surface area (Å²) >= 11 is 0. The van der Waals surface area contributed by atoms with E-state index in [2.05, 4.69) is 20.6 Å². The molecule has 0 saturated carbocycles. The van der Waals surface area contributed by atoms with Crippen LogP contribution >= 0.6 is 0 Å². The van der Waals surface area contributed by atoms with Crippen molar-refractivity contribution in [1.29, 1.82) is 0 Å². The standard InChI is InChI=1S/C51H63F3N10O6/c1-27(2)44(59-50(67)69-5)48(65)62-20-10-12-42(62)46-55-35-23-30(32(52)25-37(35)57-46)39-16-17-40(64(39)29-14-15-41(34(54)22-29)61-18-8-7-9-19-61)31-24-36-38(26-33(31)53)58-47(56-36)43-13-11-21-63(43)49(66)45(28(3)4)60-51(68)70-6/h14-15,22-28,39-40,42-45H,7-13,16-21H2,1-6H3,(H,55,57)(H,56,58)(H,59,67)(H,60,68)/t39-,40-,42+,43?,44+,45+/m1/s1. The quantitative estimate of drug-likeness (QED) is 0.0942. The van der Waals surface area contributed by atoms with Gasteiger partial charge in [-0.05, 0) is 112 Å². The molecular weight excluding hydrogens is 906 g/mol.